The highest BCUT2D eigenvalue weighted by molar-refractivity contribution is 5.79. The first-order chi connectivity index (χ1) is 16.5. The van der Waals surface area contributed by atoms with Gasteiger partial charge in [0.25, 0.3) is 0 Å². The third kappa shape index (κ3) is 5.39. The lowest BCUT2D eigenvalue weighted by molar-refractivity contribution is -0.149. The Bertz CT molecular complexity index is 1010. The van der Waals surface area contributed by atoms with Crippen LogP contribution in [0.5, 0.6) is 0 Å². The van der Waals surface area contributed by atoms with Crippen LogP contribution in [0.25, 0.3) is 11.1 Å². The molecule has 2 aromatic carbocycles. The van der Waals surface area contributed by atoms with E-state index in [1.165, 1.54) is 0 Å². The lowest BCUT2D eigenvalue weighted by atomic mass is 9.98. The molecular weight excluding hydrogens is 436 g/mol. The summed E-state index contributed by atoms with van der Waals surface area (Å²) in [6.45, 7) is 2.36. The number of hydrogen-bond donors (Lipinski definition) is 3. The third-order valence-electron chi connectivity index (χ3n) is 6.50. The van der Waals surface area contributed by atoms with E-state index in [-0.39, 0.29) is 43.5 Å². The maximum absolute atomic E-state index is 12.5. The second-order valence-electron chi connectivity index (χ2n) is 8.75. The molecule has 180 valence electrons. The van der Waals surface area contributed by atoms with Crippen LogP contribution in [-0.4, -0.2) is 54.5 Å². The standard InChI is InChI=1S/C26H30N2O6/c1-2-16(13-24(29)27-14-17-11-12-23(34-17)25(30)31)28-26(32)33-15-22-20-9-5-3-7-18(20)19-8-4-6-10-21(19)22/h3-10,16-17,22-23H,2,11-15H2,1H3,(H,27,29)(H,28,32)(H,30,31)/t16-,17?,23?/m1/s1. The Balaban J connectivity index is 1.25. The number of rotatable bonds is 9. The Morgan fingerprint density at radius 2 is 1.71 bits per heavy atom. The number of amides is 2. The van der Waals surface area contributed by atoms with E-state index in [1.54, 1.807) is 0 Å². The topological polar surface area (TPSA) is 114 Å². The number of nitrogens with one attached hydrogen (secondary N) is 2. The first kappa shape index (κ1) is 23.8. The SMILES string of the molecule is CC[C@H](CC(=O)NCC1CCC(C(=O)O)O1)NC(=O)OCC1c2ccccc2-c2ccccc21. The average molecular weight is 467 g/mol. The summed E-state index contributed by atoms with van der Waals surface area (Å²) in [5, 5.41) is 14.5. The van der Waals surface area contributed by atoms with E-state index in [0.717, 1.165) is 22.3 Å². The molecule has 2 aromatic rings. The zero-order valence-electron chi connectivity index (χ0n) is 19.2. The molecule has 1 aliphatic carbocycles. The van der Waals surface area contributed by atoms with Gasteiger partial charge in [-0.3, -0.25) is 4.79 Å². The van der Waals surface area contributed by atoms with Gasteiger partial charge in [-0.2, -0.15) is 0 Å². The Kier molecular flexibility index (Phi) is 7.47. The molecule has 3 N–H and O–H groups in total. The molecule has 4 rings (SSSR count). The number of carbonyl (C=O) groups is 3. The zero-order valence-corrected chi connectivity index (χ0v) is 19.2. The number of aliphatic carboxylic acids is 1. The number of ether oxygens (including phenoxy) is 2. The summed E-state index contributed by atoms with van der Waals surface area (Å²) in [7, 11) is 0. The van der Waals surface area contributed by atoms with Gasteiger partial charge in [0.1, 0.15) is 6.61 Å². The molecule has 0 aromatic heterocycles. The second-order valence-corrected chi connectivity index (χ2v) is 8.75. The summed E-state index contributed by atoms with van der Waals surface area (Å²) in [6, 6.07) is 15.9. The van der Waals surface area contributed by atoms with E-state index in [9.17, 15) is 14.4 Å². The molecule has 1 saturated heterocycles. The fourth-order valence-electron chi connectivity index (χ4n) is 4.67. The van der Waals surface area contributed by atoms with E-state index in [0.29, 0.717) is 19.3 Å². The summed E-state index contributed by atoms with van der Waals surface area (Å²) >= 11 is 0. The summed E-state index contributed by atoms with van der Waals surface area (Å²) in [5.41, 5.74) is 4.61. The molecule has 8 heteroatoms. The van der Waals surface area contributed by atoms with Gasteiger partial charge in [-0.15, -0.1) is 0 Å². The molecule has 0 radical (unpaired) electrons. The van der Waals surface area contributed by atoms with Crippen molar-refractivity contribution in [2.24, 2.45) is 0 Å². The van der Waals surface area contributed by atoms with Crippen LogP contribution in [0.1, 0.15) is 49.7 Å². The normalized spacial score (nSPS) is 19.7. The largest absolute Gasteiger partial charge is 0.479 e. The first-order valence-electron chi connectivity index (χ1n) is 11.7. The maximum atomic E-state index is 12.5. The third-order valence-corrected chi connectivity index (χ3v) is 6.50. The summed E-state index contributed by atoms with van der Waals surface area (Å²) < 4.78 is 11.0. The fraction of sp³-hybridized carbons (Fsp3) is 0.423. The Morgan fingerprint density at radius 3 is 2.29 bits per heavy atom. The number of carboxylic acid groups (broad SMARTS) is 1. The monoisotopic (exact) mass is 466 g/mol. The molecule has 1 aliphatic heterocycles. The molecule has 3 atom stereocenters. The molecule has 1 heterocycles. The number of hydrogen-bond acceptors (Lipinski definition) is 5. The Labute approximate surface area is 198 Å². The minimum absolute atomic E-state index is 0.0254. The number of fused-ring (bicyclic) bond motifs is 3. The second kappa shape index (κ2) is 10.7. The molecule has 0 saturated carbocycles. The fourth-order valence-corrected chi connectivity index (χ4v) is 4.67. The van der Waals surface area contributed by atoms with Crippen molar-refractivity contribution >= 4 is 18.0 Å². The van der Waals surface area contributed by atoms with Gasteiger partial charge in [-0.05, 0) is 41.5 Å². The van der Waals surface area contributed by atoms with E-state index < -0.39 is 18.2 Å². The molecule has 1 fully saturated rings. The van der Waals surface area contributed by atoms with Crippen molar-refractivity contribution in [3.05, 3.63) is 59.7 Å². The zero-order chi connectivity index (χ0) is 24.1. The van der Waals surface area contributed by atoms with Crippen molar-refractivity contribution in [2.45, 2.75) is 56.8 Å². The number of carboxylic acids is 1. The highest BCUT2D eigenvalue weighted by Crippen LogP contribution is 2.44. The van der Waals surface area contributed by atoms with Gasteiger partial charge in [0.05, 0.1) is 6.10 Å². The van der Waals surface area contributed by atoms with Gasteiger partial charge in [-0.25, -0.2) is 9.59 Å². The smallest absolute Gasteiger partial charge is 0.407 e. The van der Waals surface area contributed by atoms with Gasteiger partial charge in [0, 0.05) is 24.9 Å². The van der Waals surface area contributed by atoms with Crippen LogP contribution in [0, 0.1) is 0 Å². The molecular formula is C26H30N2O6. The predicted molar refractivity (Wildman–Crippen MR) is 125 cm³/mol. The molecule has 2 unspecified atom stereocenters. The quantitative estimate of drug-likeness (QED) is 0.522. The van der Waals surface area contributed by atoms with Gasteiger partial charge >= 0.3 is 12.1 Å². The Hall–Kier alpha value is -3.39. The van der Waals surface area contributed by atoms with E-state index >= 15 is 0 Å². The summed E-state index contributed by atoms with van der Waals surface area (Å²) in [4.78, 5) is 35.8. The molecule has 0 spiro atoms. The van der Waals surface area contributed by atoms with Crippen molar-refractivity contribution in [1.82, 2.24) is 10.6 Å². The van der Waals surface area contributed by atoms with Crippen molar-refractivity contribution in [1.29, 1.82) is 0 Å². The maximum Gasteiger partial charge on any atom is 0.407 e. The molecule has 2 amide bonds. The minimum Gasteiger partial charge on any atom is -0.479 e. The van der Waals surface area contributed by atoms with Crippen LogP contribution >= 0.6 is 0 Å². The minimum atomic E-state index is -0.979. The van der Waals surface area contributed by atoms with Crippen molar-refractivity contribution in [2.75, 3.05) is 13.2 Å². The lowest BCUT2D eigenvalue weighted by Gasteiger charge is -2.19. The van der Waals surface area contributed by atoms with Crippen LogP contribution in [0.4, 0.5) is 4.79 Å². The van der Waals surface area contributed by atoms with Crippen LogP contribution in [0.2, 0.25) is 0 Å². The number of alkyl carbamates (subject to hydrolysis) is 1. The molecule has 8 nitrogen and oxygen atoms in total. The van der Waals surface area contributed by atoms with Gasteiger partial charge < -0.3 is 25.2 Å². The molecule has 0 bridgehead atoms. The number of benzene rings is 2. The van der Waals surface area contributed by atoms with Crippen molar-refractivity contribution < 1.29 is 29.0 Å². The van der Waals surface area contributed by atoms with Gasteiger partial charge in [0.15, 0.2) is 6.10 Å². The highest BCUT2D eigenvalue weighted by Gasteiger charge is 2.31. The molecule has 2 aliphatic rings. The Morgan fingerprint density at radius 1 is 1.06 bits per heavy atom. The van der Waals surface area contributed by atoms with Gasteiger partial charge in [-0.1, -0.05) is 55.5 Å². The van der Waals surface area contributed by atoms with E-state index in [2.05, 4.69) is 34.9 Å². The lowest BCUT2D eigenvalue weighted by Crippen LogP contribution is -2.41. The van der Waals surface area contributed by atoms with Crippen LogP contribution in [0.3, 0.4) is 0 Å². The predicted octanol–water partition coefficient (Wildman–Crippen LogP) is 3.44. The van der Waals surface area contributed by atoms with Crippen LogP contribution in [-0.2, 0) is 19.1 Å². The number of carbonyl (C=O) groups excluding carboxylic acids is 2. The summed E-state index contributed by atoms with van der Waals surface area (Å²) in [5.74, 6) is -1.23. The van der Waals surface area contributed by atoms with Crippen molar-refractivity contribution in [3.8, 4) is 11.1 Å². The summed E-state index contributed by atoms with van der Waals surface area (Å²) in [6.07, 6.45) is 0.0446. The molecule has 34 heavy (non-hydrogen) atoms. The van der Waals surface area contributed by atoms with Gasteiger partial charge in [0.2, 0.25) is 5.91 Å². The van der Waals surface area contributed by atoms with Crippen LogP contribution < -0.4 is 10.6 Å². The highest BCUT2D eigenvalue weighted by atomic mass is 16.5. The average Bonchev–Trinajstić information content (AvgIpc) is 3.44. The van der Waals surface area contributed by atoms with E-state index in [1.807, 2.05) is 31.2 Å². The first-order valence-corrected chi connectivity index (χ1v) is 11.7. The van der Waals surface area contributed by atoms with E-state index in [4.69, 9.17) is 14.6 Å². The van der Waals surface area contributed by atoms with Crippen LogP contribution in [0.15, 0.2) is 48.5 Å². The van der Waals surface area contributed by atoms with Crippen molar-refractivity contribution in [3.63, 3.8) is 0 Å².